The van der Waals surface area contributed by atoms with Crippen molar-refractivity contribution in [2.75, 3.05) is 46.0 Å². The van der Waals surface area contributed by atoms with E-state index in [0.717, 1.165) is 10.6 Å². The maximum absolute atomic E-state index is 12.3. The Morgan fingerprint density at radius 3 is 2.00 bits per heavy atom. The van der Waals surface area contributed by atoms with Crippen molar-refractivity contribution >= 4 is 21.6 Å². The summed E-state index contributed by atoms with van der Waals surface area (Å²) in [6.07, 6.45) is 1.09. The smallest absolute Gasteiger partial charge is 0.239 e. The molecule has 0 bridgehead atoms. The van der Waals surface area contributed by atoms with E-state index in [1.165, 1.54) is 21.3 Å². The van der Waals surface area contributed by atoms with Gasteiger partial charge in [0.2, 0.25) is 21.7 Å². The van der Waals surface area contributed by atoms with Crippen molar-refractivity contribution in [1.82, 2.24) is 4.31 Å². The number of methoxy groups -OCH3 is 3. The van der Waals surface area contributed by atoms with Crippen LogP contribution in [0.4, 0.5) is 5.69 Å². The molecule has 0 fully saturated rings. The SMILES string of the molecule is COc1cc(NC(=O)CN(CC(C)C)S(C)(=O)=O)cc(OC)c1OC. The van der Waals surface area contributed by atoms with Crippen LogP contribution >= 0.6 is 0 Å². The van der Waals surface area contributed by atoms with E-state index in [1.807, 2.05) is 13.8 Å². The Labute approximate surface area is 149 Å². The lowest BCUT2D eigenvalue weighted by Gasteiger charge is -2.21. The van der Waals surface area contributed by atoms with Gasteiger partial charge in [-0.3, -0.25) is 4.79 Å². The van der Waals surface area contributed by atoms with Crippen molar-refractivity contribution in [2.24, 2.45) is 5.92 Å². The van der Waals surface area contributed by atoms with Gasteiger partial charge >= 0.3 is 0 Å². The van der Waals surface area contributed by atoms with Gasteiger partial charge in [-0.15, -0.1) is 0 Å². The van der Waals surface area contributed by atoms with Crippen LogP contribution < -0.4 is 19.5 Å². The summed E-state index contributed by atoms with van der Waals surface area (Å²) in [5.74, 6) is 0.822. The number of sulfonamides is 1. The molecule has 0 saturated heterocycles. The molecule has 0 unspecified atom stereocenters. The first-order valence-electron chi connectivity index (χ1n) is 7.67. The Kier molecular flexibility index (Phi) is 7.50. The number of nitrogens with zero attached hydrogens (tertiary/aromatic N) is 1. The van der Waals surface area contributed by atoms with Gasteiger partial charge in [-0.25, -0.2) is 8.42 Å². The van der Waals surface area contributed by atoms with Gasteiger partial charge in [-0.1, -0.05) is 13.8 Å². The second-order valence-corrected chi connectivity index (χ2v) is 7.89. The first kappa shape index (κ1) is 21.0. The fraction of sp³-hybridized carbons (Fsp3) is 0.562. The van der Waals surface area contributed by atoms with Gasteiger partial charge in [-0.2, -0.15) is 4.31 Å². The summed E-state index contributed by atoms with van der Waals surface area (Å²) >= 11 is 0. The molecule has 1 rings (SSSR count). The van der Waals surface area contributed by atoms with Crippen LogP contribution in [0.1, 0.15) is 13.8 Å². The highest BCUT2D eigenvalue weighted by Gasteiger charge is 2.22. The summed E-state index contributed by atoms with van der Waals surface area (Å²) < 4.78 is 40.5. The highest BCUT2D eigenvalue weighted by Crippen LogP contribution is 2.39. The molecule has 0 saturated carbocycles. The number of rotatable bonds is 9. The molecule has 8 nitrogen and oxygen atoms in total. The van der Waals surface area contributed by atoms with Crippen molar-refractivity contribution in [3.63, 3.8) is 0 Å². The first-order chi connectivity index (χ1) is 11.6. The molecule has 25 heavy (non-hydrogen) atoms. The fourth-order valence-corrected chi connectivity index (χ4v) is 3.16. The third-order valence-corrected chi connectivity index (χ3v) is 4.52. The summed E-state index contributed by atoms with van der Waals surface area (Å²) in [7, 11) is 0.938. The molecule has 1 N–H and O–H groups in total. The van der Waals surface area contributed by atoms with Crippen molar-refractivity contribution < 1.29 is 27.4 Å². The average molecular weight is 374 g/mol. The molecule has 0 spiro atoms. The Morgan fingerprint density at radius 2 is 1.64 bits per heavy atom. The van der Waals surface area contributed by atoms with E-state index in [4.69, 9.17) is 14.2 Å². The van der Waals surface area contributed by atoms with E-state index in [1.54, 1.807) is 12.1 Å². The normalized spacial score (nSPS) is 11.5. The maximum atomic E-state index is 12.3. The van der Waals surface area contributed by atoms with Crippen LogP contribution in [-0.4, -0.2) is 59.3 Å². The number of carbonyl (C=O) groups excluding carboxylic acids is 1. The van der Waals surface area contributed by atoms with Crippen LogP contribution in [-0.2, 0) is 14.8 Å². The van der Waals surface area contributed by atoms with Crippen molar-refractivity contribution in [3.05, 3.63) is 12.1 Å². The number of amides is 1. The largest absolute Gasteiger partial charge is 0.493 e. The Morgan fingerprint density at radius 1 is 1.12 bits per heavy atom. The van der Waals surface area contributed by atoms with Gasteiger partial charge in [0, 0.05) is 24.4 Å². The van der Waals surface area contributed by atoms with Gasteiger partial charge in [0.05, 0.1) is 34.1 Å². The Hall–Kier alpha value is -2.00. The summed E-state index contributed by atoms with van der Waals surface area (Å²) in [4.78, 5) is 12.3. The highest BCUT2D eigenvalue weighted by molar-refractivity contribution is 7.88. The maximum Gasteiger partial charge on any atom is 0.239 e. The lowest BCUT2D eigenvalue weighted by Crippen LogP contribution is -2.39. The number of hydrogen-bond donors (Lipinski definition) is 1. The van der Waals surface area contributed by atoms with Crippen LogP contribution in [0, 0.1) is 5.92 Å². The number of hydrogen-bond acceptors (Lipinski definition) is 6. The predicted molar refractivity (Wildman–Crippen MR) is 96.0 cm³/mol. The number of nitrogens with one attached hydrogen (secondary N) is 1. The molecule has 9 heteroatoms. The summed E-state index contributed by atoms with van der Waals surface area (Å²) in [6, 6.07) is 3.15. The molecule has 0 aliphatic rings. The van der Waals surface area contributed by atoms with Crippen LogP contribution in [0.25, 0.3) is 0 Å². The molecule has 0 aromatic heterocycles. The monoisotopic (exact) mass is 374 g/mol. The van der Waals surface area contributed by atoms with Gasteiger partial charge in [0.15, 0.2) is 11.5 Å². The Bertz CT molecular complexity index is 678. The lowest BCUT2D eigenvalue weighted by molar-refractivity contribution is -0.116. The molecule has 0 heterocycles. The van der Waals surface area contributed by atoms with Gasteiger partial charge in [0.1, 0.15) is 0 Å². The first-order valence-corrected chi connectivity index (χ1v) is 9.52. The number of benzene rings is 1. The van der Waals surface area contributed by atoms with Crippen molar-refractivity contribution in [3.8, 4) is 17.2 Å². The van der Waals surface area contributed by atoms with Crippen LogP contribution in [0.15, 0.2) is 12.1 Å². The minimum Gasteiger partial charge on any atom is -0.493 e. The third kappa shape index (κ3) is 6.09. The molecular weight excluding hydrogens is 348 g/mol. The van der Waals surface area contributed by atoms with E-state index in [9.17, 15) is 13.2 Å². The lowest BCUT2D eigenvalue weighted by atomic mass is 10.2. The van der Waals surface area contributed by atoms with E-state index in [2.05, 4.69) is 5.32 Å². The topological polar surface area (TPSA) is 94.2 Å². The molecule has 1 aromatic carbocycles. The molecule has 1 aromatic rings. The second-order valence-electron chi connectivity index (χ2n) is 5.91. The van der Waals surface area contributed by atoms with Crippen LogP contribution in [0.2, 0.25) is 0 Å². The van der Waals surface area contributed by atoms with E-state index >= 15 is 0 Å². The van der Waals surface area contributed by atoms with Crippen LogP contribution in [0.5, 0.6) is 17.2 Å². The summed E-state index contributed by atoms with van der Waals surface area (Å²) in [6.45, 7) is 3.76. The molecule has 142 valence electrons. The quantitative estimate of drug-likeness (QED) is 0.705. The number of carbonyl (C=O) groups is 1. The fourth-order valence-electron chi connectivity index (χ4n) is 2.24. The van der Waals surface area contributed by atoms with Crippen molar-refractivity contribution in [1.29, 1.82) is 0 Å². The second kappa shape index (κ2) is 8.91. The molecule has 0 radical (unpaired) electrons. The molecule has 0 aliphatic heterocycles. The van der Waals surface area contributed by atoms with Gasteiger partial charge < -0.3 is 19.5 Å². The van der Waals surface area contributed by atoms with Gasteiger partial charge in [0.25, 0.3) is 0 Å². The van der Waals surface area contributed by atoms with E-state index in [-0.39, 0.29) is 19.0 Å². The average Bonchev–Trinajstić information content (AvgIpc) is 2.51. The minimum absolute atomic E-state index is 0.101. The molecule has 1 amide bonds. The zero-order chi connectivity index (χ0) is 19.2. The molecular formula is C16H26N2O6S. The van der Waals surface area contributed by atoms with Crippen LogP contribution in [0.3, 0.4) is 0 Å². The van der Waals surface area contributed by atoms with E-state index in [0.29, 0.717) is 22.9 Å². The van der Waals surface area contributed by atoms with Crippen molar-refractivity contribution in [2.45, 2.75) is 13.8 Å². The standard InChI is InChI=1S/C16H26N2O6S/c1-11(2)9-18(25(6,20)21)10-15(19)17-12-7-13(22-3)16(24-5)14(8-12)23-4/h7-8,11H,9-10H2,1-6H3,(H,17,19). The summed E-state index contributed by atoms with van der Waals surface area (Å²) in [5, 5.41) is 2.66. The molecule has 0 atom stereocenters. The highest BCUT2D eigenvalue weighted by atomic mass is 32.2. The summed E-state index contributed by atoms with van der Waals surface area (Å²) in [5.41, 5.74) is 0.414. The molecule has 0 aliphatic carbocycles. The minimum atomic E-state index is -3.48. The number of anilines is 1. The van der Waals surface area contributed by atoms with Gasteiger partial charge in [-0.05, 0) is 5.92 Å². The number of ether oxygens (including phenoxy) is 3. The zero-order valence-electron chi connectivity index (χ0n) is 15.5. The Balaban J connectivity index is 2.99. The zero-order valence-corrected chi connectivity index (χ0v) is 16.3. The predicted octanol–water partition coefficient (Wildman–Crippen LogP) is 1.57. The van der Waals surface area contributed by atoms with E-state index < -0.39 is 15.9 Å². The third-order valence-electron chi connectivity index (χ3n) is 3.31.